The molecule has 8 aromatic rings. The summed E-state index contributed by atoms with van der Waals surface area (Å²) in [6, 6.07) is 63.0. The average Bonchev–Trinajstić information content (AvgIpc) is 3.79. The highest BCUT2D eigenvalue weighted by molar-refractivity contribution is 5.93. The zero-order valence-corrected chi connectivity index (χ0v) is 35.4. The third-order valence-corrected chi connectivity index (χ3v) is 13.4. The highest BCUT2D eigenvalue weighted by Crippen LogP contribution is 2.58. The first kappa shape index (κ1) is 38.7. The van der Waals surface area contributed by atoms with Crippen molar-refractivity contribution >= 4 is 45.5 Å². The molecule has 0 spiro atoms. The summed E-state index contributed by atoms with van der Waals surface area (Å²) in [6.07, 6.45) is 3.29. The van der Waals surface area contributed by atoms with E-state index in [0.717, 1.165) is 115 Å². The summed E-state index contributed by atoms with van der Waals surface area (Å²) in [6.45, 7) is -0.156. The molecule has 2 heterocycles. The van der Waals surface area contributed by atoms with Crippen molar-refractivity contribution < 1.29 is 19.7 Å². The van der Waals surface area contributed by atoms with Crippen molar-refractivity contribution in [2.75, 3.05) is 23.9 Å². The molecule has 2 aliphatic heterocycles. The number of hydrogen-bond donors (Lipinski definition) is 2. The van der Waals surface area contributed by atoms with Gasteiger partial charge in [-0.1, -0.05) is 104 Å². The molecule has 3 aliphatic rings. The molecule has 0 aromatic heterocycles. The van der Waals surface area contributed by atoms with E-state index < -0.39 is 5.60 Å². The molecule has 0 radical (unpaired) electrons. The van der Waals surface area contributed by atoms with Gasteiger partial charge in [0, 0.05) is 73.8 Å². The van der Waals surface area contributed by atoms with Gasteiger partial charge in [-0.25, -0.2) is 0 Å². The predicted octanol–water partition coefficient (Wildman–Crippen LogP) is 14.3. The number of para-hydroxylation sites is 8. The molecule has 0 unspecified atom stereocenters. The summed E-state index contributed by atoms with van der Waals surface area (Å²) in [5.41, 5.74) is 12.1. The van der Waals surface area contributed by atoms with Crippen molar-refractivity contribution in [3.63, 3.8) is 0 Å². The average molecular weight is 827 g/mol. The number of aliphatic hydroxyl groups excluding tert-OH is 1. The lowest BCUT2D eigenvalue weighted by molar-refractivity contribution is 0.0450. The first-order valence-corrected chi connectivity index (χ1v) is 21.8. The van der Waals surface area contributed by atoms with Gasteiger partial charge in [0.2, 0.25) is 0 Å². The van der Waals surface area contributed by atoms with Gasteiger partial charge in [-0.05, 0) is 77.6 Å². The highest BCUT2D eigenvalue weighted by atomic mass is 16.5. The highest BCUT2D eigenvalue weighted by Gasteiger charge is 2.43. The number of aliphatic hydroxyl groups is 2. The predicted molar refractivity (Wildman–Crippen MR) is 255 cm³/mol. The Hall–Kier alpha value is -7.16. The van der Waals surface area contributed by atoms with E-state index in [2.05, 4.69) is 169 Å². The summed E-state index contributed by atoms with van der Waals surface area (Å²) >= 11 is 0. The fourth-order valence-corrected chi connectivity index (χ4v) is 10.3. The monoisotopic (exact) mass is 826 g/mol. The molecule has 1 saturated carbocycles. The van der Waals surface area contributed by atoms with Gasteiger partial charge in [0.15, 0.2) is 23.0 Å². The summed E-state index contributed by atoms with van der Waals surface area (Å²) < 4.78 is 13.8. The first-order chi connectivity index (χ1) is 30.9. The smallest absolute Gasteiger partial charge is 0.158 e. The summed E-state index contributed by atoms with van der Waals surface area (Å²) in [7, 11) is 4.15. The lowest BCUT2D eigenvalue weighted by Crippen LogP contribution is -2.33. The second kappa shape index (κ2) is 15.3. The van der Waals surface area contributed by atoms with E-state index in [0.29, 0.717) is 12.8 Å². The second-order valence-corrected chi connectivity index (χ2v) is 16.9. The van der Waals surface area contributed by atoms with Crippen molar-refractivity contribution in [1.29, 1.82) is 0 Å². The van der Waals surface area contributed by atoms with Gasteiger partial charge in [0.05, 0.1) is 35.0 Å². The topological polar surface area (TPSA) is 65.4 Å². The van der Waals surface area contributed by atoms with Crippen LogP contribution < -0.4 is 23.8 Å². The SMILES string of the molecule is CN1c2ccccc2Oc2c(-c3cc([N+](c4ccccc4)(c4ccccc4)c4ccc(C5(O)CCCC5)c(-c5cccc6c5Oc5ccccc5N6C)c4)ccc3CO)cccc21. The number of quaternary nitrogens is 1. The molecule has 7 heteroatoms. The number of anilines is 4. The number of rotatable bonds is 8. The molecule has 7 nitrogen and oxygen atoms in total. The van der Waals surface area contributed by atoms with Gasteiger partial charge in [0.25, 0.3) is 0 Å². The van der Waals surface area contributed by atoms with Crippen molar-refractivity contribution in [3.8, 4) is 45.3 Å². The number of hydrogen-bond acceptors (Lipinski definition) is 6. The normalized spacial score (nSPS) is 14.8. The maximum absolute atomic E-state index is 12.6. The fourth-order valence-electron chi connectivity index (χ4n) is 10.3. The van der Waals surface area contributed by atoms with Crippen LogP contribution in [0.4, 0.5) is 45.5 Å². The lowest BCUT2D eigenvalue weighted by atomic mass is 9.84. The van der Waals surface area contributed by atoms with Crippen LogP contribution in [-0.4, -0.2) is 24.3 Å². The maximum atomic E-state index is 12.6. The number of ether oxygens (including phenoxy) is 2. The van der Waals surface area contributed by atoms with Crippen molar-refractivity contribution in [3.05, 3.63) is 193 Å². The Morgan fingerprint density at radius 2 is 0.937 bits per heavy atom. The number of benzene rings is 8. The molecule has 11 rings (SSSR count). The van der Waals surface area contributed by atoms with E-state index in [1.165, 1.54) is 0 Å². The minimum Gasteiger partial charge on any atom is -0.452 e. The largest absolute Gasteiger partial charge is 0.452 e. The van der Waals surface area contributed by atoms with E-state index in [1.807, 2.05) is 36.4 Å². The van der Waals surface area contributed by atoms with Gasteiger partial charge >= 0.3 is 0 Å². The van der Waals surface area contributed by atoms with Crippen LogP contribution in [0, 0.1) is 0 Å². The Kier molecular flexibility index (Phi) is 9.43. The molecule has 0 bridgehead atoms. The summed E-state index contributed by atoms with van der Waals surface area (Å²) in [5, 5.41) is 23.6. The Labute approximate surface area is 368 Å². The van der Waals surface area contributed by atoms with E-state index in [4.69, 9.17) is 9.47 Å². The van der Waals surface area contributed by atoms with Gasteiger partial charge in [0.1, 0.15) is 22.7 Å². The molecule has 0 atom stereocenters. The minimum absolute atomic E-state index is 0.156. The molecule has 1 fully saturated rings. The Morgan fingerprint density at radius 3 is 1.48 bits per heavy atom. The molecule has 1 aliphatic carbocycles. The van der Waals surface area contributed by atoms with E-state index in [1.54, 1.807) is 0 Å². The fraction of sp³-hybridized carbons (Fsp3) is 0.143. The zero-order valence-electron chi connectivity index (χ0n) is 35.4. The molecule has 0 saturated heterocycles. The van der Waals surface area contributed by atoms with E-state index >= 15 is 0 Å². The van der Waals surface area contributed by atoms with Gasteiger partial charge in [-0.2, -0.15) is 4.48 Å². The van der Waals surface area contributed by atoms with Crippen LogP contribution in [-0.2, 0) is 12.2 Å². The van der Waals surface area contributed by atoms with Crippen molar-refractivity contribution in [2.45, 2.75) is 37.9 Å². The summed E-state index contributed by atoms with van der Waals surface area (Å²) in [4.78, 5) is 4.35. The molecule has 63 heavy (non-hydrogen) atoms. The molecule has 0 amide bonds. The van der Waals surface area contributed by atoms with Crippen LogP contribution in [0.2, 0.25) is 0 Å². The van der Waals surface area contributed by atoms with Crippen LogP contribution in [0.3, 0.4) is 0 Å². The Bertz CT molecular complexity index is 2980. The van der Waals surface area contributed by atoms with Gasteiger partial charge in [-0.3, -0.25) is 0 Å². The minimum atomic E-state index is -1.00. The zero-order chi connectivity index (χ0) is 42.7. The number of nitrogens with zero attached hydrogens (tertiary/aromatic N) is 3. The molecule has 8 aromatic carbocycles. The molecular weight excluding hydrogens is 779 g/mol. The third kappa shape index (κ3) is 6.15. The quantitative estimate of drug-likeness (QED) is 0.149. The Morgan fingerprint density at radius 1 is 0.476 bits per heavy atom. The van der Waals surface area contributed by atoms with Crippen LogP contribution in [0.25, 0.3) is 22.3 Å². The molecular formula is C56H48N3O4+. The number of fused-ring (bicyclic) bond motifs is 4. The van der Waals surface area contributed by atoms with Crippen LogP contribution in [0.15, 0.2) is 182 Å². The van der Waals surface area contributed by atoms with Gasteiger partial charge in [-0.15, -0.1) is 0 Å². The standard InChI is InChI=1S/C56H48N3O4/c1-57-48-23-9-11-27-52(48)62-54-43(21-15-25-50(54)57)45-35-41(30-29-38(45)37-60)59(39-17-5-3-6-18-39,40-19-7-4-8-20-40)42-31-32-47(56(61)33-13-14-34-56)46(36-42)44-22-16-26-51-55(44)63-53-28-12-10-24-49(53)58(51)2/h3-12,15-32,35-36,60-61H,13-14,33-34,37H2,1-2H3/q+1. The molecule has 310 valence electrons. The van der Waals surface area contributed by atoms with Crippen LogP contribution >= 0.6 is 0 Å². The third-order valence-electron chi connectivity index (χ3n) is 13.4. The van der Waals surface area contributed by atoms with Crippen LogP contribution in [0.5, 0.6) is 23.0 Å². The van der Waals surface area contributed by atoms with Gasteiger partial charge < -0.3 is 29.5 Å². The van der Waals surface area contributed by atoms with Crippen LogP contribution in [0.1, 0.15) is 36.8 Å². The molecule has 2 N–H and O–H groups in total. The van der Waals surface area contributed by atoms with E-state index in [9.17, 15) is 10.2 Å². The van der Waals surface area contributed by atoms with Crippen molar-refractivity contribution in [2.24, 2.45) is 0 Å². The van der Waals surface area contributed by atoms with Crippen molar-refractivity contribution in [1.82, 2.24) is 4.48 Å². The van der Waals surface area contributed by atoms with E-state index in [-0.39, 0.29) is 11.1 Å². The second-order valence-electron chi connectivity index (χ2n) is 16.9. The lowest BCUT2D eigenvalue weighted by Gasteiger charge is -2.38. The summed E-state index contributed by atoms with van der Waals surface area (Å²) in [5.74, 6) is 3.05. The Balaban J connectivity index is 1.19. The first-order valence-electron chi connectivity index (χ1n) is 21.8. The maximum Gasteiger partial charge on any atom is 0.158 e.